The quantitative estimate of drug-likeness (QED) is 0.754. The number of carbonyl (C=O) groups is 3. The normalized spacial score (nSPS) is 18.6. The van der Waals surface area contributed by atoms with Gasteiger partial charge in [0.25, 0.3) is 5.91 Å². The van der Waals surface area contributed by atoms with E-state index >= 15 is 0 Å². The number of hydrogen-bond donors (Lipinski definition) is 1. The number of rotatable bonds is 5. The van der Waals surface area contributed by atoms with Crippen LogP contribution in [0.2, 0.25) is 0 Å². The highest BCUT2D eigenvalue weighted by Gasteiger charge is 2.49. The maximum atomic E-state index is 13.8. The third-order valence-electron chi connectivity index (χ3n) is 5.82. The summed E-state index contributed by atoms with van der Waals surface area (Å²) in [5, 5.41) is 11.9. The summed E-state index contributed by atoms with van der Waals surface area (Å²) in [6, 6.07) is 5.82. The number of nitriles is 1. The van der Waals surface area contributed by atoms with Gasteiger partial charge in [-0.05, 0) is 25.0 Å². The molecule has 0 spiro atoms. The van der Waals surface area contributed by atoms with Gasteiger partial charge in [0.05, 0.1) is 5.69 Å². The van der Waals surface area contributed by atoms with E-state index in [2.05, 4.69) is 5.32 Å². The van der Waals surface area contributed by atoms with Crippen molar-refractivity contribution >= 4 is 23.5 Å². The molecule has 1 aromatic carbocycles. The molecule has 0 aromatic heterocycles. The Balaban J connectivity index is 1.63. The zero-order chi connectivity index (χ0) is 21.2. The Hall–Kier alpha value is -3.15. The van der Waals surface area contributed by atoms with Gasteiger partial charge < -0.3 is 15.1 Å². The number of nitrogens with one attached hydrogen (secondary N) is 1. The van der Waals surface area contributed by atoms with Crippen molar-refractivity contribution in [1.29, 1.82) is 5.26 Å². The van der Waals surface area contributed by atoms with Crippen LogP contribution in [0.1, 0.15) is 32.3 Å². The molecule has 3 rings (SSSR count). The van der Waals surface area contributed by atoms with Crippen molar-refractivity contribution in [2.75, 3.05) is 37.6 Å². The summed E-state index contributed by atoms with van der Waals surface area (Å²) in [6.45, 7) is 4.93. The summed E-state index contributed by atoms with van der Waals surface area (Å²) in [6.07, 6.45) is 0.929. The number of amides is 4. The van der Waals surface area contributed by atoms with E-state index in [9.17, 15) is 24.0 Å². The fourth-order valence-corrected chi connectivity index (χ4v) is 3.87. The molecule has 1 aromatic rings. The fourth-order valence-electron chi connectivity index (χ4n) is 3.87. The van der Waals surface area contributed by atoms with Crippen molar-refractivity contribution in [2.45, 2.75) is 32.2 Å². The number of carbonyl (C=O) groups excluding carboxylic acids is 3. The first-order valence-electron chi connectivity index (χ1n) is 9.72. The van der Waals surface area contributed by atoms with Crippen LogP contribution in [-0.4, -0.2) is 65.9 Å². The van der Waals surface area contributed by atoms with Crippen molar-refractivity contribution in [2.24, 2.45) is 0 Å². The van der Waals surface area contributed by atoms with Gasteiger partial charge in [0, 0.05) is 26.2 Å². The third-order valence-corrected chi connectivity index (χ3v) is 5.82. The van der Waals surface area contributed by atoms with Crippen LogP contribution in [0, 0.1) is 17.1 Å². The predicted octanol–water partition coefficient (Wildman–Crippen LogP) is 1.46. The molecule has 8 nitrogen and oxygen atoms in total. The minimum Gasteiger partial charge on any atom is -0.367 e. The standard InChI is InChI=1S/C20H24FN5O3/c1-3-20(4-2)18(28)26(19(29)23-20)13-17(27)25-10-8-24(9-11-25)16-7-5-6-15(21)14(16)12-22/h5-7H,3-4,8-11,13H2,1-2H3,(H,23,29). The van der Waals surface area contributed by atoms with E-state index in [-0.39, 0.29) is 23.9 Å². The van der Waals surface area contributed by atoms with Crippen LogP contribution in [0.5, 0.6) is 0 Å². The summed E-state index contributed by atoms with van der Waals surface area (Å²) in [5.41, 5.74) is -0.437. The van der Waals surface area contributed by atoms with E-state index in [0.29, 0.717) is 44.7 Å². The predicted molar refractivity (Wildman–Crippen MR) is 103 cm³/mol. The molecule has 2 saturated heterocycles. The van der Waals surface area contributed by atoms with Crippen LogP contribution in [0.4, 0.5) is 14.9 Å². The van der Waals surface area contributed by atoms with Crippen molar-refractivity contribution in [3.8, 4) is 6.07 Å². The van der Waals surface area contributed by atoms with Gasteiger partial charge >= 0.3 is 6.03 Å². The van der Waals surface area contributed by atoms with E-state index in [0.717, 1.165) is 4.90 Å². The van der Waals surface area contributed by atoms with Crippen molar-refractivity contribution in [3.05, 3.63) is 29.6 Å². The number of urea groups is 1. The average molecular weight is 401 g/mol. The van der Waals surface area contributed by atoms with Gasteiger partial charge in [-0.2, -0.15) is 5.26 Å². The van der Waals surface area contributed by atoms with Crippen LogP contribution >= 0.6 is 0 Å². The molecule has 1 N–H and O–H groups in total. The van der Waals surface area contributed by atoms with Gasteiger partial charge in [-0.25, -0.2) is 9.18 Å². The minimum absolute atomic E-state index is 0.0120. The van der Waals surface area contributed by atoms with E-state index in [1.807, 2.05) is 24.8 Å². The average Bonchev–Trinajstić information content (AvgIpc) is 2.98. The molecule has 2 aliphatic heterocycles. The van der Waals surface area contributed by atoms with Crippen LogP contribution < -0.4 is 10.2 Å². The Bertz CT molecular complexity index is 869. The largest absolute Gasteiger partial charge is 0.367 e. The van der Waals surface area contributed by atoms with Crippen LogP contribution in [0.15, 0.2) is 18.2 Å². The van der Waals surface area contributed by atoms with Gasteiger partial charge in [0.15, 0.2) is 0 Å². The monoisotopic (exact) mass is 401 g/mol. The molecule has 2 fully saturated rings. The van der Waals surface area contributed by atoms with E-state index in [4.69, 9.17) is 0 Å². The Kier molecular flexibility index (Phi) is 5.73. The Morgan fingerprint density at radius 2 is 1.86 bits per heavy atom. The van der Waals surface area contributed by atoms with E-state index in [1.165, 1.54) is 6.07 Å². The van der Waals surface area contributed by atoms with Gasteiger partial charge in [-0.15, -0.1) is 0 Å². The van der Waals surface area contributed by atoms with Crippen LogP contribution in [0.25, 0.3) is 0 Å². The molecule has 0 saturated carbocycles. The molecule has 0 radical (unpaired) electrons. The lowest BCUT2D eigenvalue weighted by atomic mass is 9.93. The lowest BCUT2D eigenvalue weighted by Gasteiger charge is -2.37. The van der Waals surface area contributed by atoms with Gasteiger partial charge in [0.1, 0.15) is 29.5 Å². The van der Waals surface area contributed by atoms with Crippen molar-refractivity contribution in [3.63, 3.8) is 0 Å². The SMILES string of the molecule is CCC1(CC)NC(=O)N(CC(=O)N2CCN(c3cccc(F)c3C#N)CC2)C1=O. The fraction of sp³-hybridized carbons (Fsp3) is 0.500. The van der Waals surface area contributed by atoms with Gasteiger partial charge in [-0.3, -0.25) is 14.5 Å². The van der Waals surface area contributed by atoms with Gasteiger partial charge in [-0.1, -0.05) is 19.9 Å². The Labute approximate surface area is 168 Å². The highest BCUT2D eigenvalue weighted by atomic mass is 19.1. The minimum atomic E-state index is -0.929. The van der Waals surface area contributed by atoms with Crippen molar-refractivity contribution < 1.29 is 18.8 Å². The first kappa shape index (κ1) is 20.6. The van der Waals surface area contributed by atoms with Crippen LogP contribution in [0.3, 0.4) is 0 Å². The highest BCUT2D eigenvalue weighted by Crippen LogP contribution is 2.26. The highest BCUT2D eigenvalue weighted by molar-refractivity contribution is 6.09. The summed E-state index contributed by atoms with van der Waals surface area (Å²) in [7, 11) is 0. The summed E-state index contributed by atoms with van der Waals surface area (Å²) in [4.78, 5) is 42.0. The molecular weight excluding hydrogens is 377 g/mol. The number of benzene rings is 1. The summed E-state index contributed by atoms with van der Waals surface area (Å²) >= 11 is 0. The molecule has 0 unspecified atom stereocenters. The van der Waals surface area contributed by atoms with Crippen LogP contribution in [-0.2, 0) is 9.59 Å². The lowest BCUT2D eigenvalue weighted by molar-refractivity contribution is -0.139. The first-order chi connectivity index (χ1) is 13.9. The number of piperazine rings is 1. The smallest absolute Gasteiger partial charge is 0.325 e. The molecule has 0 aliphatic carbocycles. The Morgan fingerprint density at radius 1 is 1.21 bits per heavy atom. The zero-order valence-electron chi connectivity index (χ0n) is 16.6. The number of anilines is 1. The number of halogens is 1. The summed E-state index contributed by atoms with van der Waals surface area (Å²) in [5.74, 6) is -1.24. The number of hydrogen-bond acceptors (Lipinski definition) is 5. The maximum Gasteiger partial charge on any atom is 0.325 e. The molecule has 0 atom stereocenters. The van der Waals surface area contributed by atoms with E-state index in [1.54, 1.807) is 17.0 Å². The second kappa shape index (κ2) is 8.07. The second-order valence-corrected chi connectivity index (χ2v) is 7.22. The maximum absolute atomic E-state index is 13.8. The van der Waals surface area contributed by atoms with Gasteiger partial charge in [0.2, 0.25) is 5.91 Å². The molecule has 2 aliphatic rings. The molecule has 29 heavy (non-hydrogen) atoms. The molecule has 2 heterocycles. The number of nitrogens with zero attached hydrogens (tertiary/aromatic N) is 4. The lowest BCUT2D eigenvalue weighted by Crippen LogP contribution is -2.52. The summed E-state index contributed by atoms with van der Waals surface area (Å²) < 4.78 is 13.8. The van der Waals surface area contributed by atoms with Crippen molar-refractivity contribution in [1.82, 2.24) is 15.1 Å². The number of imide groups is 1. The first-order valence-corrected chi connectivity index (χ1v) is 9.72. The molecule has 9 heteroatoms. The third kappa shape index (κ3) is 3.62. The van der Waals surface area contributed by atoms with E-state index < -0.39 is 17.4 Å². The topological polar surface area (TPSA) is 96.8 Å². The molecule has 154 valence electrons. The molecular formula is C20H24FN5O3. The molecule has 4 amide bonds. The Morgan fingerprint density at radius 3 is 2.41 bits per heavy atom. The zero-order valence-corrected chi connectivity index (χ0v) is 16.6. The molecule has 0 bridgehead atoms. The second-order valence-electron chi connectivity index (χ2n) is 7.22.